The third kappa shape index (κ3) is 3.08. The summed E-state index contributed by atoms with van der Waals surface area (Å²) in [6.07, 6.45) is 3.58. The minimum absolute atomic E-state index is 0.0202. The Kier molecular flexibility index (Phi) is 4.34. The van der Waals surface area contributed by atoms with Crippen LogP contribution in [0.25, 0.3) is 5.65 Å². The summed E-state index contributed by atoms with van der Waals surface area (Å²) in [6, 6.07) is 11.3. The normalized spacial score (nSPS) is 17.1. The van der Waals surface area contributed by atoms with Gasteiger partial charge in [-0.2, -0.15) is 4.52 Å². The molecule has 0 atom stereocenters. The molecule has 2 aliphatic rings. The van der Waals surface area contributed by atoms with E-state index < -0.39 is 0 Å². The zero-order valence-corrected chi connectivity index (χ0v) is 16.7. The Bertz CT molecular complexity index is 1040. The number of rotatable bonds is 5. The van der Waals surface area contributed by atoms with E-state index in [1.807, 2.05) is 40.7 Å². The largest absolute Gasteiger partial charge is 0.497 e. The monoisotopic (exact) mass is 392 g/mol. The van der Waals surface area contributed by atoms with Gasteiger partial charge in [-0.15, -0.1) is 15.3 Å². The highest BCUT2D eigenvalue weighted by atomic mass is 16.5. The Hall–Kier alpha value is -3.16. The van der Waals surface area contributed by atoms with Gasteiger partial charge in [0.25, 0.3) is 5.91 Å². The number of fused-ring (bicyclic) bond motifs is 1. The standard InChI is InChI=1S/C21H24N6O2/c1-25(21(28)15-6-8-17(29-2)9-7-15)16-12-26(13-16)19-11-10-18-22-23-20(27(18)24-19)14-4-3-5-14/h6-11,14,16H,3-5,12-13H2,1-2H3. The van der Waals surface area contributed by atoms with Crippen molar-refractivity contribution in [2.24, 2.45) is 0 Å². The molecule has 2 fully saturated rings. The molecular weight excluding hydrogens is 368 g/mol. The molecule has 0 spiro atoms. The lowest BCUT2D eigenvalue weighted by atomic mass is 9.85. The third-order valence-electron chi connectivity index (χ3n) is 6.13. The van der Waals surface area contributed by atoms with E-state index in [9.17, 15) is 4.79 Å². The summed E-state index contributed by atoms with van der Waals surface area (Å²) < 4.78 is 7.05. The molecule has 1 amide bonds. The first-order chi connectivity index (χ1) is 14.1. The molecule has 150 valence electrons. The molecule has 1 saturated carbocycles. The Balaban J connectivity index is 1.26. The van der Waals surface area contributed by atoms with Gasteiger partial charge in [0, 0.05) is 31.6 Å². The number of amides is 1. The van der Waals surface area contributed by atoms with Gasteiger partial charge in [0.2, 0.25) is 0 Å². The lowest BCUT2D eigenvalue weighted by Gasteiger charge is -2.44. The van der Waals surface area contributed by atoms with Crippen molar-refractivity contribution in [2.45, 2.75) is 31.2 Å². The number of ether oxygens (including phenoxy) is 1. The number of hydrogen-bond acceptors (Lipinski definition) is 6. The summed E-state index contributed by atoms with van der Waals surface area (Å²) in [6.45, 7) is 1.52. The number of benzene rings is 1. The van der Waals surface area contributed by atoms with Gasteiger partial charge in [0.15, 0.2) is 11.5 Å². The quantitative estimate of drug-likeness (QED) is 0.664. The summed E-state index contributed by atoms with van der Waals surface area (Å²) in [7, 11) is 3.48. The van der Waals surface area contributed by atoms with E-state index in [0.29, 0.717) is 11.5 Å². The minimum Gasteiger partial charge on any atom is -0.497 e. The lowest BCUT2D eigenvalue weighted by Crippen LogP contribution is -2.60. The molecular formula is C21H24N6O2. The SMILES string of the molecule is COc1ccc(C(=O)N(C)C2CN(c3ccc4nnc(C5CCC5)n4n3)C2)cc1. The van der Waals surface area contributed by atoms with E-state index in [1.54, 1.807) is 19.2 Å². The summed E-state index contributed by atoms with van der Waals surface area (Å²) in [4.78, 5) is 16.8. The molecule has 8 heteroatoms. The van der Waals surface area contributed by atoms with Crippen molar-refractivity contribution in [1.29, 1.82) is 0 Å². The second kappa shape index (κ2) is 7.02. The molecule has 1 aromatic carbocycles. The molecule has 8 nitrogen and oxygen atoms in total. The van der Waals surface area contributed by atoms with Crippen molar-refractivity contribution in [3.05, 3.63) is 47.8 Å². The molecule has 1 aliphatic carbocycles. The van der Waals surface area contributed by atoms with E-state index in [4.69, 9.17) is 9.84 Å². The molecule has 1 aliphatic heterocycles. The predicted molar refractivity (Wildman–Crippen MR) is 108 cm³/mol. The first-order valence-corrected chi connectivity index (χ1v) is 10.0. The number of methoxy groups -OCH3 is 1. The fraction of sp³-hybridized carbons (Fsp3) is 0.429. The molecule has 29 heavy (non-hydrogen) atoms. The second-order valence-electron chi connectivity index (χ2n) is 7.85. The molecule has 2 aromatic heterocycles. The highest BCUT2D eigenvalue weighted by Gasteiger charge is 2.34. The van der Waals surface area contributed by atoms with Gasteiger partial charge in [0.05, 0.1) is 13.2 Å². The van der Waals surface area contributed by atoms with Crippen LogP contribution in [0.5, 0.6) is 5.75 Å². The number of anilines is 1. The van der Waals surface area contributed by atoms with E-state index in [0.717, 1.165) is 49.0 Å². The molecule has 3 aromatic rings. The van der Waals surface area contributed by atoms with E-state index in [2.05, 4.69) is 15.1 Å². The molecule has 0 radical (unpaired) electrons. The molecule has 0 bridgehead atoms. The number of carbonyl (C=O) groups excluding carboxylic acids is 1. The van der Waals surface area contributed by atoms with Crippen molar-refractivity contribution in [3.63, 3.8) is 0 Å². The second-order valence-corrected chi connectivity index (χ2v) is 7.85. The van der Waals surface area contributed by atoms with Crippen LogP contribution in [0.1, 0.15) is 41.4 Å². The van der Waals surface area contributed by atoms with Gasteiger partial charge in [0.1, 0.15) is 11.6 Å². The Morgan fingerprint density at radius 3 is 2.52 bits per heavy atom. The fourth-order valence-corrected chi connectivity index (χ4v) is 3.88. The van der Waals surface area contributed by atoms with Crippen molar-refractivity contribution in [1.82, 2.24) is 24.7 Å². The van der Waals surface area contributed by atoms with Gasteiger partial charge in [-0.05, 0) is 49.2 Å². The van der Waals surface area contributed by atoms with E-state index in [-0.39, 0.29) is 11.9 Å². The maximum absolute atomic E-state index is 12.8. The maximum atomic E-state index is 12.8. The number of likely N-dealkylation sites (N-methyl/N-ethyl adjacent to an activating group) is 1. The smallest absolute Gasteiger partial charge is 0.253 e. The zero-order chi connectivity index (χ0) is 20.0. The van der Waals surface area contributed by atoms with Crippen LogP contribution in [-0.2, 0) is 0 Å². The van der Waals surface area contributed by atoms with Gasteiger partial charge in [-0.1, -0.05) is 6.42 Å². The van der Waals surface area contributed by atoms with Crippen molar-refractivity contribution < 1.29 is 9.53 Å². The van der Waals surface area contributed by atoms with Gasteiger partial charge in [-0.25, -0.2) is 0 Å². The van der Waals surface area contributed by atoms with Crippen molar-refractivity contribution >= 4 is 17.4 Å². The Morgan fingerprint density at radius 2 is 1.86 bits per heavy atom. The highest BCUT2D eigenvalue weighted by Crippen LogP contribution is 2.35. The zero-order valence-electron chi connectivity index (χ0n) is 16.7. The van der Waals surface area contributed by atoms with Crippen LogP contribution in [0.3, 0.4) is 0 Å². The first kappa shape index (κ1) is 17.9. The minimum atomic E-state index is 0.0202. The molecule has 1 saturated heterocycles. The maximum Gasteiger partial charge on any atom is 0.253 e. The van der Waals surface area contributed by atoms with Gasteiger partial charge >= 0.3 is 0 Å². The molecule has 5 rings (SSSR count). The Morgan fingerprint density at radius 1 is 1.10 bits per heavy atom. The van der Waals surface area contributed by atoms with Crippen LogP contribution in [0.15, 0.2) is 36.4 Å². The van der Waals surface area contributed by atoms with Crippen molar-refractivity contribution in [3.8, 4) is 5.75 Å². The highest BCUT2D eigenvalue weighted by molar-refractivity contribution is 5.94. The van der Waals surface area contributed by atoms with Crippen molar-refractivity contribution in [2.75, 3.05) is 32.1 Å². The van der Waals surface area contributed by atoms with Crippen LogP contribution in [0.2, 0.25) is 0 Å². The summed E-state index contributed by atoms with van der Waals surface area (Å²) in [5, 5.41) is 13.4. The lowest BCUT2D eigenvalue weighted by molar-refractivity contribution is 0.0705. The fourth-order valence-electron chi connectivity index (χ4n) is 3.88. The molecule has 0 N–H and O–H groups in total. The number of hydrogen-bond donors (Lipinski definition) is 0. The summed E-state index contributed by atoms with van der Waals surface area (Å²) in [5.41, 5.74) is 1.46. The number of carbonyl (C=O) groups is 1. The summed E-state index contributed by atoms with van der Waals surface area (Å²) in [5.74, 6) is 3.11. The predicted octanol–water partition coefficient (Wildman–Crippen LogP) is 2.36. The van der Waals surface area contributed by atoms with Crippen LogP contribution in [0.4, 0.5) is 5.82 Å². The van der Waals surface area contributed by atoms with Gasteiger partial charge < -0.3 is 14.5 Å². The van der Waals surface area contributed by atoms with E-state index >= 15 is 0 Å². The topological polar surface area (TPSA) is 75.9 Å². The summed E-state index contributed by atoms with van der Waals surface area (Å²) >= 11 is 0. The van der Waals surface area contributed by atoms with Crippen LogP contribution in [-0.4, -0.2) is 63.9 Å². The number of nitrogens with zero attached hydrogens (tertiary/aromatic N) is 6. The Labute approximate surface area is 169 Å². The third-order valence-corrected chi connectivity index (χ3v) is 6.13. The molecule has 0 unspecified atom stereocenters. The molecule has 3 heterocycles. The van der Waals surface area contributed by atoms with Crippen LogP contribution in [0, 0.1) is 0 Å². The van der Waals surface area contributed by atoms with Crippen LogP contribution >= 0.6 is 0 Å². The average molecular weight is 392 g/mol. The average Bonchev–Trinajstić information content (AvgIpc) is 3.08. The first-order valence-electron chi connectivity index (χ1n) is 10.0. The number of aromatic nitrogens is 4. The van der Waals surface area contributed by atoms with E-state index in [1.165, 1.54) is 6.42 Å². The van der Waals surface area contributed by atoms with Gasteiger partial charge in [-0.3, -0.25) is 4.79 Å². The van der Waals surface area contributed by atoms with Crippen LogP contribution < -0.4 is 9.64 Å².